The van der Waals surface area contributed by atoms with Crippen molar-refractivity contribution in [2.24, 2.45) is 11.8 Å². The highest BCUT2D eigenvalue weighted by atomic mass is 32.2. The first kappa shape index (κ1) is 17.2. The fraction of sp³-hybridized carbons (Fsp3) is 0.625. The van der Waals surface area contributed by atoms with Crippen LogP contribution < -0.4 is 4.74 Å². The molecule has 2 unspecified atom stereocenters. The molecule has 1 aromatic rings. The summed E-state index contributed by atoms with van der Waals surface area (Å²) in [6.45, 7) is 6.35. The minimum atomic E-state index is -3.42. The number of nitrogens with zero attached hydrogens (tertiary/aromatic N) is 1. The third-order valence-electron chi connectivity index (χ3n) is 3.85. The van der Waals surface area contributed by atoms with Crippen molar-refractivity contribution in [2.75, 3.05) is 33.4 Å². The van der Waals surface area contributed by atoms with Crippen molar-refractivity contribution in [3.8, 4) is 5.75 Å². The second-order valence-electron chi connectivity index (χ2n) is 6.08. The Hall–Kier alpha value is -1.11. The maximum absolute atomic E-state index is 12.7. The van der Waals surface area contributed by atoms with Gasteiger partial charge in [-0.2, -0.15) is 4.31 Å². The normalized spacial score (nSPS) is 23.4. The number of ether oxygens (including phenoxy) is 2. The van der Waals surface area contributed by atoms with Crippen LogP contribution in [-0.2, 0) is 14.8 Å². The highest BCUT2D eigenvalue weighted by Gasteiger charge is 2.31. The van der Waals surface area contributed by atoms with E-state index in [0.29, 0.717) is 48.8 Å². The van der Waals surface area contributed by atoms with Gasteiger partial charge in [-0.05, 0) is 42.5 Å². The Kier molecular flexibility index (Phi) is 5.83. The minimum absolute atomic E-state index is 0.327. The molecule has 1 aliphatic rings. The van der Waals surface area contributed by atoms with Crippen LogP contribution in [-0.4, -0.2) is 46.1 Å². The lowest BCUT2D eigenvalue weighted by atomic mass is 9.94. The van der Waals surface area contributed by atoms with E-state index in [2.05, 4.69) is 13.8 Å². The number of methoxy groups -OCH3 is 1. The van der Waals surface area contributed by atoms with Crippen molar-refractivity contribution in [1.29, 1.82) is 0 Å². The van der Waals surface area contributed by atoms with Crippen LogP contribution in [0.4, 0.5) is 0 Å². The summed E-state index contributed by atoms with van der Waals surface area (Å²) >= 11 is 0. The van der Waals surface area contributed by atoms with Gasteiger partial charge in [0.1, 0.15) is 12.4 Å². The molecule has 5 nitrogen and oxygen atoms in total. The average molecular weight is 327 g/mol. The van der Waals surface area contributed by atoms with Crippen molar-refractivity contribution in [3.05, 3.63) is 24.3 Å². The molecule has 0 amide bonds. The Morgan fingerprint density at radius 3 is 2.23 bits per heavy atom. The van der Waals surface area contributed by atoms with E-state index in [1.807, 2.05) is 0 Å². The molecule has 22 heavy (non-hydrogen) atoms. The van der Waals surface area contributed by atoms with Gasteiger partial charge in [0.2, 0.25) is 10.0 Å². The Morgan fingerprint density at radius 1 is 1.09 bits per heavy atom. The molecule has 0 spiro atoms. The predicted octanol–water partition coefficient (Wildman–Crippen LogP) is 2.38. The summed E-state index contributed by atoms with van der Waals surface area (Å²) in [4.78, 5) is 0.327. The molecule has 1 aromatic carbocycles. The van der Waals surface area contributed by atoms with Gasteiger partial charge in [0, 0.05) is 20.2 Å². The van der Waals surface area contributed by atoms with Crippen molar-refractivity contribution >= 4 is 10.0 Å². The number of benzene rings is 1. The van der Waals surface area contributed by atoms with Crippen LogP contribution in [0, 0.1) is 11.8 Å². The van der Waals surface area contributed by atoms with E-state index in [-0.39, 0.29) is 0 Å². The maximum atomic E-state index is 12.7. The average Bonchev–Trinajstić information content (AvgIpc) is 2.47. The lowest BCUT2D eigenvalue weighted by Crippen LogP contribution is -2.42. The van der Waals surface area contributed by atoms with E-state index in [1.165, 1.54) is 0 Å². The molecule has 0 bridgehead atoms. The van der Waals surface area contributed by atoms with Gasteiger partial charge in [0.25, 0.3) is 0 Å². The molecule has 124 valence electrons. The van der Waals surface area contributed by atoms with Gasteiger partial charge in [-0.3, -0.25) is 0 Å². The SMILES string of the molecule is COCCOc1ccc(S(=O)(=O)N2CC(C)CC(C)C2)cc1. The van der Waals surface area contributed by atoms with E-state index in [0.717, 1.165) is 6.42 Å². The number of rotatable bonds is 6. The van der Waals surface area contributed by atoms with Gasteiger partial charge < -0.3 is 9.47 Å². The Balaban J connectivity index is 2.09. The minimum Gasteiger partial charge on any atom is -0.491 e. The molecule has 1 saturated heterocycles. The zero-order chi connectivity index (χ0) is 16.2. The summed E-state index contributed by atoms with van der Waals surface area (Å²) in [5.74, 6) is 1.45. The van der Waals surface area contributed by atoms with Crippen molar-refractivity contribution in [2.45, 2.75) is 25.2 Å². The molecule has 0 N–H and O–H groups in total. The smallest absolute Gasteiger partial charge is 0.243 e. The summed E-state index contributed by atoms with van der Waals surface area (Å²) in [6, 6.07) is 6.61. The highest BCUT2D eigenvalue weighted by molar-refractivity contribution is 7.89. The molecule has 1 fully saturated rings. The van der Waals surface area contributed by atoms with Crippen LogP contribution >= 0.6 is 0 Å². The van der Waals surface area contributed by atoms with Crippen molar-refractivity contribution in [1.82, 2.24) is 4.31 Å². The molecule has 0 aliphatic carbocycles. The molecule has 0 radical (unpaired) electrons. The molecule has 1 heterocycles. The van der Waals surface area contributed by atoms with Crippen molar-refractivity contribution in [3.63, 3.8) is 0 Å². The molecular weight excluding hydrogens is 302 g/mol. The molecule has 2 atom stereocenters. The monoisotopic (exact) mass is 327 g/mol. The van der Waals surface area contributed by atoms with E-state index in [1.54, 1.807) is 35.7 Å². The van der Waals surface area contributed by atoms with Gasteiger partial charge in [0.05, 0.1) is 11.5 Å². The van der Waals surface area contributed by atoms with Gasteiger partial charge in [-0.15, -0.1) is 0 Å². The second kappa shape index (κ2) is 7.44. The van der Waals surface area contributed by atoms with Gasteiger partial charge >= 0.3 is 0 Å². The van der Waals surface area contributed by atoms with Crippen LogP contribution in [0.3, 0.4) is 0 Å². The fourth-order valence-electron chi connectivity index (χ4n) is 2.90. The zero-order valence-corrected chi connectivity index (χ0v) is 14.3. The fourth-order valence-corrected chi connectivity index (χ4v) is 4.58. The Morgan fingerprint density at radius 2 is 1.68 bits per heavy atom. The van der Waals surface area contributed by atoms with E-state index < -0.39 is 10.0 Å². The number of hydrogen-bond donors (Lipinski definition) is 0. The third-order valence-corrected chi connectivity index (χ3v) is 5.70. The van der Waals surface area contributed by atoms with Crippen LogP contribution in [0.5, 0.6) is 5.75 Å². The van der Waals surface area contributed by atoms with E-state index >= 15 is 0 Å². The predicted molar refractivity (Wildman–Crippen MR) is 85.5 cm³/mol. The van der Waals surface area contributed by atoms with Crippen molar-refractivity contribution < 1.29 is 17.9 Å². The quantitative estimate of drug-likeness (QED) is 0.753. The van der Waals surface area contributed by atoms with E-state index in [9.17, 15) is 8.42 Å². The lowest BCUT2D eigenvalue weighted by molar-refractivity contribution is 0.146. The molecule has 0 saturated carbocycles. The second-order valence-corrected chi connectivity index (χ2v) is 8.02. The van der Waals surface area contributed by atoms with Gasteiger partial charge in [-0.25, -0.2) is 8.42 Å². The molecule has 2 rings (SSSR count). The number of hydrogen-bond acceptors (Lipinski definition) is 4. The topological polar surface area (TPSA) is 55.8 Å². The summed E-state index contributed by atoms with van der Waals surface area (Å²) in [7, 11) is -1.81. The molecular formula is C16H25NO4S. The Bertz CT molecular complexity index is 560. The lowest BCUT2D eigenvalue weighted by Gasteiger charge is -2.34. The largest absolute Gasteiger partial charge is 0.491 e. The first-order valence-electron chi connectivity index (χ1n) is 7.65. The van der Waals surface area contributed by atoms with E-state index in [4.69, 9.17) is 9.47 Å². The summed E-state index contributed by atoms with van der Waals surface area (Å²) < 4.78 is 37.4. The maximum Gasteiger partial charge on any atom is 0.243 e. The summed E-state index contributed by atoms with van der Waals surface area (Å²) in [5.41, 5.74) is 0. The Labute approximate surface area is 133 Å². The van der Waals surface area contributed by atoms with Gasteiger partial charge in [0.15, 0.2) is 0 Å². The summed E-state index contributed by atoms with van der Waals surface area (Å²) in [5, 5.41) is 0. The van der Waals surface area contributed by atoms with Crippen LogP contribution in [0.1, 0.15) is 20.3 Å². The van der Waals surface area contributed by atoms with Crippen LogP contribution in [0.15, 0.2) is 29.2 Å². The van der Waals surface area contributed by atoms with Crippen LogP contribution in [0.25, 0.3) is 0 Å². The molecule has 0 aromatic heterocycles. The summed E-state index contributed by atoms with van der Waals surface area (Å²) in [6.07, 6.45) is 1.08. The number of piperidine rings is 1. The van der Waals surface area contributed by atoms with Gasteiger partial charge in [-0.1, -0.05) is 13.8 Å². The highest BCUT2D eigenvalue weighted by Crippen LogP contribution is 2.27. The standard InChI is InChI=1S/C16H25NO4S/c1-13-10-14(2)12-17(11-13)22(18,19)16-6-4-15(5-7-16)21-9-8-20-3/h4-7,13-14H,8-12H2,1-3H3. The van der Waals surface area contributed by atoms with Crippen LogP contribution in [0.2, 0.25) is 0 Å². The third kappa shape index (κ3) is 4.21. The number of sulfonamides is 1. The molecule has 1 aliphatic heterocycles. The molecule has 6 heteroatoms. The zero-order valence-electron chi connectivity index (χ0n) is 13.5. The first-order valence-corrected chi connectivity index (χ1v) is 9.09. The first-order chi connectivity index (χ1) is 10.4.